The van der Waals surface area contributed by atoms with Crippen LogP contribution in [0.25, 0.3) is 10.8 Å². The van der Waals surface area contributed by atoms with Crippen molar-refractivity contribution in [3.05, 3.63) is 66.3 Å². The Balaban J connectivity index is 1.30. The van der Waals surface area contributed by atoms with Crippen molar-refractivity contribution in [3.8, 4) is 11.6 Å². The number of rotatable bonds is 13. The van der Waals surface area contributed by atoms with Crippen LogP contribution in [0.15, 0.2) is 66.2 Å². The lowest BCUT2D eigenvalue weighted by molar-refractivity contribution is -0.136. The number of pyridine rings is 1. The van der Waals surface area contributed by atoms with Crippen LogP contribution in [0, 0.1) is 11.3 Å². The fraction of sp³-hybridized carbons (Fsp3) is 0.444. The Bertz CT molecular complexity index is 2230. The minimum absolute atomic E-state index is 0.000625. The number of aromatic nitrogens is 1. The highest BCUT2D eigenvalue weighted by Gasteiger charge is 2.67. The van der Waals surface area contributed by atoms with Gasteiger partial charge in [-0.1, -0.05) is 38.4 Å². The standard InChI is InChI=1S/C36H43ClN6O9S2/c1-6-20-17-36(20,34(46)42-54(49,50)25-12-13-25)43-19-23(52-33-27-15-21(37)7-14-26(27)29(51-5)18-39-33)16-28(43)31(44)41-32(45)30(35(2,3)4)40-22-8-10-24(11-9-22)53(38,47)48/h6-11,14-15,18,20,23,25,28,30,40H,1,12-13,16-17,19H2,2-5H3,(H,42,46)(H2,38,47,48)(H,41,44,45)/t20-,23-,28+,30+,36-/m1/s1. The molecular formula is C36H43ClN6O9S2. The van der Waals surface area contributed by atoms with Gasteiger partial charge in [-0.3, -0.25) is 29.3 Å². The van der Waals surface area contributed by atoms with Crippen molar-refractivity contribution in [1.82, 2.24) is 19.9 Å². The zero-order valence-corrected chi connectivity index (χ0v) is 32.6. The minimum atomic E-state index is -3.94. The average molecular weight is 803 g/mol. The number of sulfonamides is 2. The van der Waals surface area contributed by atoms with Crippen LogP contribution in [0.3, 0.4) is 0 Å². The Hall–Kier alpha value is -4.29. The second-order valence-electron chi connectivity index (χ2n) is 15.0. The van der Waals surface area contributed by atoms with Crippen molar-refractivity contribution >= 4 is 65.8 Å². The maximum absolute atomic E-state index is 14.3. The number of hydrogen-bond acceptors (Lipinski definition) is 12. The van der Waals surface area contributed by atoms with Gasteiger partial charge in [-0.05, 0) is 67.1 Å². The molecule has 3 amide bonds. The summed E-state index contributed by atoms with van der Waals surface area (Å²) in [6.07, 6.45) is 3.38. The molecule has 6 rings (SSSR count). The summed E-state index contributed by atoms with van der Waals surface area (Å²) in [7, 11) is -6.38. The molecule has 3 aliphatic rings. The Morgan fingerprint density at radius 2 is 1.78 bits per heavy atom. The summed E-state index contributed by atoms with van der Waals surface area (Å²) in [6.45, 7) is 9.23. The molecule has 18 heteroatoms. The molecule has 1 aliphatic heterocycles. The third kappa shape index (κ3) is 7.91. The largest absolute Gasteiger partial charge is 0.494 e. The molecule has 15 nitrogen and oxygen atoms in total. The maximum atomic E-state index is 14.3. The molecular weight excluding hydrogens is 760 g/mol. The van der Waals surface area contributed by atoms with E-state index in [1.54, 1.807) is 49.9 Å². The molecule has 2 heterocycles. The minimum Gasteiger partial charge on any atom is -0.494 e. The third-order valence-electron chi connectivity index (χ3n) is 10.1. The summed E-state index contributed by atoms with van der Waals surface area (Å²) in [5.74, 6) is -2.00. The quantitative estimate of drug-likeness (QED) is 0.184. The summed E-state index contributed by atoms with van der Waals surface area (Å²) in [5.41, 5.74) is -1.81. The lowest BCUT2D eigenvalue weighted by Gasteiger charge is -2.34. The molecule has 0 unspecified atom stereocenters. The van der Waals surface area contributed by atoms with Gasteiger partial charge in [-0.2, -0.15) is 0 Å². The lowest BCUT2D eigenvalue weighted by Crippen LogP contribution is -2.59. The number of primary sulfonamides is 1. The number of hydrogen-bond donors (Lipinski definition) is 4. The van der Waals surface area contributed by atoms with E-state index >= 15 is 0 Å². The molecule has 0 bridgehead atoms. The summed E-state index contributed by atoms with van der Waals surface area (Å²) >= 11 is 6.33. The number of benzene rings is 2. The van der Waals surface area contributed by atoms with Gasteiger partial charge in [-0.25, -0.2) is 27.0 Å². The second kappa shape index (κ2) is 14.4. The molecule has 0 radical (unpaired) electrons. The van der Waals surface area contributed by atoms with Gasteiger partial charge < -0.3 is 14.8 Å². The number of methoxy groups -OCH3 is 1. The van der Waals surface area contributed by atoms with Crippen LogP contribution < -0.4 is 30.0 Å². The molecule has 5 N–H and O–H groups in total. The molecule has 290 valence electrons. The number of amides is 3. The van der Waals surface area contributed by atoms with E-state index in [0.717, 1.165) is 0 Å². The van der Waals surface area contributed by atoms with Crippen LogP contribution >= 0.6 is 11.6 Å². The maximum Gasteiger partial charge on any atom is 0.254 e. The zero-order valence-electron chi connectivity index (χ0n) is 30.2. The monoisotopic (exact) mass is 802 g/mol. The van der Waals surface area contributed by atoms with Gasteiger partial charge in [0.05, 0.1) is 29.5 Å². The fourth-order valence-corrected chi connectivity index (χ4v) is 9.01. The number of carbonyl (C=O) groups is 3. The molecule has 5 atom stereocenters. The average Bonchev–Trinajstić information content (AvgIpc) is 4.03. The van der Waals surface area contributed by atoms with Crippen LogP contribution in [0.1, 0.15) is 46.5 Å². The van der Waals surface area contributed by atoms with Crippen molar-refractivity contribution in [2.24, 2.45) is 16.5 Å². The van der Waals surface area contributed by atoms with Crippen LogP contribution in [0.4, 0.5) is 5.69 Å². The topological polar surface area (TPSA) is 216 Å². The van der Waals surface area contributed by atoms with Gasteiger partial charge in [-0.15, -0.1) is 6.58 Å². The third-order valence-corrected chi connectivity index (χ3v) is 13.1. The molecule has 1 aromatic heterocycles. The van der Waals surface area contributed by atoms with Crippen LogP contribution in [-0.2, 0) is 34.4 Å². The normalized spacial score (nSPS) is 23.6. The number of halogens is 1. The van der Waals surface area contributed by atoms with E-state index in [-0.39, 0.29) is 30.2 Å². The first-order valence-electron chi connectivity index (χ1n) is 17.3. The first-order valence-corrected chi connectivity index (χ1v) is 20.7. The SMILES string of the molecule is C=C[C@@H]1C[C@@]1(C(=O)NS(=O)(=O)C1CC1)N1C[C@H](Oc2ncc(OC)c3ccc(Cl)cc23)C[C@H]1C(=O)NC(=O)[C@H](Nc1ccc(S(N)(=O)=O)cc1)C(C)(C)C. The number of ether oxygens (including phenoxy) is 2. The van der Waals surface area contributed by atoms with Gasteiger partial charge in [0.2, 0.25) is 37.7 Å². The van der Waals surface area contributed by atoms with E-state index < -0.39 is 78.1 Å². The molecule has 0 spiro atoms. The predicted molar refractivity (Wildman–Crippen MR) is 202 cm³/mol. The van der Waals surface area contributed by atoms with Gasteiger partial charge in [0.1, 0.15) is 23.4 Å². The molecule has 2 aliphatic carbocycles. The van der Waals surface area contributed by atoms with Crippen molar-refractivity contribution in [2.75, 3.05) is 19.0 Å². The number of anilines is 1. The Labute approximate surface area is 319 Å². The highest BCUT2D eigenvalue weighted by Crippen LogP contribution is 2.53. The summed E-state index contributed by atoms with van der Waals surface area (Å²) in [6, 6.07) is 8.53. The summed E-state index contributed by atoms with van der Waals surface area (Å²) in [4.78, 5) is 48.1. The number of likely N-dealkylation sites (tertiary alicyclic amines) is 1. The molecule has 1 saturated heterocycles. The van der Waals surface area contributed by atoms with Crippen molar-refractivity contribution in [3.63, 3.8) is 0 Å². The molecule has 3 aromatic rings. The number of nitrogens with one attached hydrogen (secondary N) is 3. The zero-order chi connectivity index (χ0) is 39.4. The van der Waals surface area contributed by atoms with Crippen molar-refractivity contribution < 1.29 is 40.7 Å². The summed E-state index contributed by atoms with van der Waals surface area (Å²) in [5, 5.41) is 11.8. The highest BCUT2D eigenvalue weighted by atomic mass is 35.5. The fourth-order valence-electron chi connectivity index (χ4n) is 6.97. The molecule has 3 fully saturated rings. The second-order valence-corrected chi connectivity index (χ2v) is 18.9. The molecule has 2 aromatic carbocycles. The summed E-state index contributed by atoms with van der Waals surface area (Å²) < 4.78 is 63.6. The Morgan fingerprint density at radius 3 is 2.35 bits per heavy atom. The van der Waals surface area contributed by atoms with Gasteiger partial charge >= 0.3 is 0 Å². The Kier molecular flexibility index (Phi) is 10.5. The van der Waals surface area contributed by atoms with E-state index in [4.69, 9.17) is 26.2 Å². The Morgan fingerprint density at radius 1 is 1.09 bits per heavy atom. The van der Waals surface area contributed by atoms with Gasteiger partial charge in [0.15, 0.2) is 0 Å². The molecule has 54 heavy (non-hydrogen) atoms. The van der Waals surface area contributed by atoms with Crippen molar-refractivity contribution in [2.45, 2.75) is 80.3 Å². The number of nitrogens with two attached hydrogens (primary N) is 1. The number of carbonyl (C=O) groups excluding carboxylic acids is 3. The van der Waals surface area contributed by atoms with Crippen LogP contribution in [-0.4, -0.2) is 87.1 Å². The predicted octanol–water partition coefficient (Wildman–Crippen LogP) is 3.09. The number of fused-ring (bicyclic) bond motifs is 1. The first-order chi connectivity index (χ1) is 25.3. The first kappa shape index (κ1) is 39.4. The highest BCUT2D eigenvalue weighted by molar-refractivity contribution is 7.91. The van der Waals surface area contributed by atoms with Gasteiger partial charge in [0.25, 0.3) is 5.91 Å². The van der Waals surface area contributed by atoms with Crippen LogP contribution in [0.2, 0.25) is 5.02 Å². The molecule has 2 saturated carbocycles. The van der Waals surface area contributed by atoms with E-state index in [0.29, 0.717) is 40.1 Å². The van der Waals surface area contributed by atoms with E-state index in [1.165, 1.54) is 37.6 Å². The van der Waals surface area contributed by atoms with Crippen molar-refractivity contribution in [1.29, 1.82) is 0 Å². The number of imide groups is 1. The van der Waals surface area contributed by atoms with Crippen LogP contribution in [0.5, 0.6) is 11.6 Å². The van der Waals surface area contributed by atoms with E-state index in [1.807, 2.05) is 0 Å². The number of nitrogens with zero attached hydrogens (tertiary/aromatic N) is 2. The smallest absolute Gasteiger partial charge is 0.254 e. The lowest BCUT2D eigenvalue weighted by atomic mass is 9.85. The van der Waals surface area contributed by atoms with E-state index in [2.05, 4.69) is 26.9 Å². The van der Waals surface area contributed by atoms with E-state index in [9.17, 15) is 31.2 Å². The van der Waals surface area contributed by atoms with Gasteiger partial charge in [0, 0.05) is 40.4 Å².